The van der Waals surface area contributed by atoms with Gasteiger partial charge in [0.25, 0.3) is 0 Å². The molecule has 1 aliphatic heterocycles. The third-order valence-electron chi connectivity index (χ3n) is 4.40. The summed E-state index contributed by atoms with van der Waals surface area (Å²) < 4.78 is 0. The molecule has 1 rings (SSSR count). The zero-order valence-electron chi connectivity index (χ0n) is 13.1. The van der Waals surface area contributed by atoms with Crippen LogP contribution in [0.4, 0.5) is 0 Å². The van der Waals surface area contributed by atoms with Crippen LogP contribution in [0.5, 0.6) is 0 Å². The number of piperidine rings is 1. The number of amides is 1. The molecule has 0 bridgehead atoms. The minimum Gasteiger partial charge on any atom is -0.356 e. The molecule has 4 nitrogen and oxygen atoms in total. The average Bonchev–Trinajstić information content (AvgIpc) is 2.37. The molecule has 1 aliphatic rings. The van der Waals surface area contributed by atoms with Crippen molar-refractivity contribution in [1.82, 2.24) is 15.5 Å². The van der Waals surface area contributed by atoms with Crippen molar-refractivity contribution in [2.45, 2.75) is 39.5 Å². The first-order chi connectivity index (χ1) is 8.95. The molecule has 1 fully saturated rings. The van der Waals surface area contributed by atoms with E-state index in [9.17, 15) is 4.79 Å². The molecular formula is C15H31N3O. The van der Waals surface area contributed by atoms with Gasteiger partial charge in [-0.3, -0.25) is 4.79 Å². The van der Waals surface area contributed by atoms with E-state index in [1.54, 1.807) is 0 Å². The SMILES string of the molecule is CNCCCC(=O)NCC(C)(C)C1CCN(C)CC1. The Bertz CT molecular complexity index is 271. The van der Waals surface area contributed by atoms with Gasteiger partial charge < -0.3 is 15.5 Å². The van der Waals surface area contributed by atoms with Crippen LogP contribution in [0.25, 0.3) is 0 Å². The molecule has 0 aromatic carbocycles. The van der Waals surface area contributed by atoms with Crippen LogP contribution in [-0.2, 0) is 4.79 Å². The number of nitrogens with one attached hydrogen (secondary N) is 2. The molecule has 0 unspecified atom stereocenters. The molecule has 0 aromatic rings. The topological polar surface area (TPSA) is 44.4 Å². The maximum Gasteiger partial charge on any atom is 0.220 e. The fourth-order valence-electron chi connectivity index (χ4n) is 2.77. The van der Waals surface area contributed by atoms with Gasteiger partial charge in [-0.1, -0.05) is 13.8 Å². The van der Waals surface area contributed by atoms with Crippen LogP contribution in [0.3, 0.4) is 0 Å². The van der Waals surface area contributed by atoms with Crippen molar-refractivity contribution in [1.29, 1.82) is 0 Å². The first-order valence-corrected chi connectivity index (χ1v) is 7.55. The standard InChI is InChI=1S/C15H31N3O/c1-15(2,13-7-10-18(4)11-8-13)12-17-14(19)6-5-9-16-3/h13,16H,5-12H2,1-4H3,(H,17,19). The van der Waals surface area contributed by atoms with E-state index < -0.39 is 0 Å². The highest BCUT2D eigenvalue weighted by Gasteiger charge is 2.31. The van der Waals surface area contributed by atoms with E-state index in [0.717, 1.165) is 25.4 Å². The number of nitrogens with zero attached hydrogens (tertiary/aromatic N) is 1. The van der Waals surface area contributed by atoms with Crippen molar-refractivity contribution >= 4 is 5.91 Å². The lowest BCUT2D eigenvalue weighted by atomic mass is 9.73. The van der Waals surface area contributed by atoms with Crippen molar-refractivity contribution in [3.63, 3.8) is 0 Å². The number of rotatable bonds is 7. The van der Waals surface area contributed by atoms with Crippen molar-refractivity contribution in [2.75, 3.05) is 40.3 Å². The predicted octanol–water partition coefficient (Wildman–Crippen LogP) is 1.47. The zero-order chi connectivity index (χ0) is 14.3. The molecule has 0 radical (unpaired) electrons. The summed E-state index contributed by atoms with van der Waals surface area (Å²) in [6.07, 6.45) is 4.04. The highest BCUT2D eigenvalue weighted by Crippen LogP contribution is 2.34. The Hall–Kier alpha value is -0.610. The first kappa shape index (κ1) is 16.4. The van der Waals surface area contributed by atoms with Crippen LogP contribution in [0.2, 0.25) is 0 Å². The van der Waals surface area contributed by atoms with Crippen molar-refractivity contribution in [3.05, 3.63) is 0 Å². The third-order valence-corrected chi connectivity index (χ3v) is 4.40. The number of hydrogen-bond donors (Lipinski definition) is 2. The molecule has 1 amide bonds. The highest BCUT2D eigenvalue weighted by molar-refractivity contribution is 5.75. The minimum atomic E-state index is 0.191. The second-order valence-electron chi connectivity index (χ2n) is 6.55. The number of hydrogen-bond acceptors (Lipinski definition) is 3. The van der Waals surface area contributed by atoms with Crippen molar-refractivity contribution in [3.8, 4) is 0 Å². The summed E-state index contributed by atoms with van der Waals surface area (Å²) in [5, 5.41) is 6.18. The molecule has 0 aromatic heterocycles. The van der Waals surface area contributed by atoms with Gasteiger partial charge in [-0.05, 0) is 64.3 Å². The Morgan fingerprint density at radius 3 is 2.53 bits per heavy atom. The van der Waals surface area contributed by atoms with Gasteiger partial charge in [-0.15, -0.1) is 0 Å². The van der Waals surface area contributed by atoms with E-state index in [1.807, 2.05) is 7.05 Å². The summed E-state index contributed by atoms with van der Waals surface area (Å²) in [5.41, 5.74) is 0.208. The lowest BCUT2D eigenvalue weighted by Gasteiger charge is -2.39. The molecule has 0 atom stereocenters. The van der Waals surface area contributed by atoms with Crippen molar-refractivity contribution in [2.24, 2.45) is 11.3 Å². The van der Waals surface area contributed by atoms with Crippen LogP contribution in [0.15, 0.2) is 0 Å². The third kappa shape index (κ3) is 5.91. The van der Waals surface area contributed by atoms with Gasteiger partial charge >= 0.3 is 0 Å². The molecule has 0 saturated carbocycles. The number of carbonyl (C=O) groups excluding carboxylic acids is 1. The van der Waals surface area contributed by atoms with Gasteiger partial charge in [-0.25, -0.2) is 0 Å². The molecule has 112 valence electrons. The maximum absolute atomic E-state index is 11.8. The molecule has 19 heavy (non-hydrogen) atoms. The number of likely N-dealkylation sites (tertiary alicyclic amines) is 1. The normalized spacial score (nSPS) is 18.5. The summed E-state index contributed by atoms with van der Waals surface area (Å²) in [7, 11) is 4.11. The van der Waals surface area contributed by atoms with Crippen LogP contribution in [0, 0.1) is 11.3 Å². The van der Waals surface area contributed by atoms with E-state index in [1.165, 1.54) is 25.9 Å². The van der Waals surface area contributed by atoms with Crippen LogP contribution >= 0.6 is 0 Å². The summed E-state index contributed by atoms with van der Waals surface area (Å²) >= 11 is 0. The van der Waals surface area contributed by atoms with Gasteiger partial charge in [-0.2, -0.15) is 0 Å². The summed E-state index contributed by atoms with van der Waals surface area (Å²) in [5.74, 6) is 0.914. The Morgan fingerprint density at radius 1 is 1.32 bits per heavy atom. The summed E-state index contributed by atoms with van der Waals surface area (Å²) in [6.45, 7) is 8.66. The van der Waals surface area contributed by atoms with Crippen molar-refractivity contribution < 1.29 is 4.79 Å². The Morgan fingerprint density at radius 2 is 1.95 bits per heavy atom. The van der Waals surface area contributed by atoms with Gasteiger partial charge in [0.15, 0.2) is 0 Å². The first-order valence-electron chi connectivity index (χ1n) is 7.55. The van der Waals surface area contributed by atoms with E-state index in [2.05, 4.69) is 36.4 Å². The molecule has 1 saturated heterocycles. The fraction of sp³-hybridized carbons (Fsp3) is 0.933. The lowest BCUT2D eigenvalue weighted by Crippen LogP contribution is -2.43. The Labute approximate surface area is 118 Å². The summed E-state index contributed by atoms with van der Waals surface area (Å²) in [6, 6.07) is 0. The molecule has 2 N–H and O–H groups in total. The smallest absolute Gasteiger partial charge is 0.220 e. The maximum atomic E-state index is 11.8. The highest BCUT2D eigenvalue weighted by atomic mass is 16.1. The molecule has 0 spiro atoms. The molecule has 4 heteroatoms. The largest absolute Gasteiger partial charge is 0.356 e. The van der Waals surface area contributed by atoms with E-state index in [4.69, 9.17) is 0 Å². The zero-order valence-corrected chi connectivity index (χ0v) is 13.1. The van der Waals surface area contributed by atoms with Gasteiger partial charge in [0.2, 0.25) is 5.91 Å². The number of carbonyl (C=O) groups is 1. The molecule has 0 aliphatic carbocycles. The van der Waals surface area contributed by atoms with E-state index in [0.29, 0.717) is 6.42 Å². The average molecular weight is 269 g/mol. The monoisotopic (exact) mass is 269 g/mol. The van der Waals surface area contributed by atoms with E-state index >= 15 is 0 Å². The van der Waals surface area contributed by atoms with Gasteiger partial charge in [0, 0.05) is 13.0 Å². The fourth-order valence-corrected chi connectivity index (χ4v) is 2.77. The minimum absolute atomic E-state index is 0.191. The molecule has 1 heterocycles. The van der Waals surface area contributed by atoms with Gasteiger partial charge in [0.1, 0.15) is 0 Å². The summed E-state index contributed by atoms with van der Waals surface area (Å²) in [4.78, 5) is 14.1. The second-order valence-corrected chi connectivity index (χ2v) is 6.55. The lowest BCUT2D eigenvalue weighted by molar-refractivity contribution is -0.121. The van der Waals surface area contributed by atoms with Crippen LogP contribution < -0.4 is 10.6 Å². The molecular weight excluding hydrogens is 238 g/mol. The van der Waals surface area contributed by atoms with Crippen LogP contribution in [-0.4, -0.2) is 51.1 Å². The Kier molecular flexibility index (Phi) is 6.80. The van der Waals surface area contributed by atoms with Gasteiger partial charge in [0.05, 0.1) is 0 Å². The quantitative estimate of drug-likeness (QED) is 0.688. The Balaban J connectivity index is 2.27. The van der Waals surface area contributed by atoms with E-state index in [-0.39, 0.29) is 11.3 Å². The van der Waals surface area contributed by atoms with Crippen LogP contribution in [0.1, 0.15) is 39.5 Å². The second kappa shape index (κ2) is 7.85. The predicted molar refractivity (Wildman–Crippen MR) is 80.2 cm³/mol.